The van der Waals surface area contributed by atoms with Gasteiger partial charge in [-0.1, -0.05) is 29.4 Å². The van der Waals surface area contributed by atoms with Crippen LogP contribution in [0.3, 0.4) is 0 Å². The minimum atomic E-state index is -1.45. The molecule has 2 N–H and O–H groups in total. The van der Waals surface area contributed by atoms with Crippen molar-refractivity contribution in [2.24, 2.45) is 15.9 Å². The summed E-state index contributed by atoms with van der Waals surface area (Å²) in [6.07, 6.45) is 7.83. The third-order valence-electron chi connectivity index (χ3n) is 4.23. The summed E-state index contributed by atoms with van der Waals surface area (Å²) in [6.45, 7) is 7.51. The molecule has 1 atom stereocenters. The summed E-state index contributed by atoms with van der Waals surface area (Å²) < 4.78 is 0. The molecular formula is C22H26N4O4SZn. The number of aliphatic carboxylic acids is 1. The van der Waals surface area contributed by atoms with Crippen LogP contribution in [0.1, 0.15) is 61.3 Å². The van der Waals surface area contributed by atoms with Gasteiger partial charge in [-0.3, -0.25) is 14.5 Å². The molecule has 0 aromatic heterocycles. The summed E-state index contributed by atoms with van der Waals surface area (Å²) in [7, 11) is 0. The number of rotatable bonds is 7. The Kier molecular flexibility index (Phi) is 13.2. The number of amidine groups is 1. The van der Waals surface area contributed by atoms with Crippen LogP contribution in [0, 0.1) is 0 Å². The van der Waals surface area contributed by atoms with Crippen LogP contribution in [0.4, 0.5) is 0 Å². The van der Waals surface area contributed by atoms with E-state index < -0.39 is 23.8 Å². The van der Waals surface area contributed by atoms with Crippen molar-refractivity contribution in [1.82, 2.24) is 4.90 Å². The summed E-state index contributed by atoms with van der Waals surface area (Å²) in [5.41, 5.74) is 8.22. The maximum atomic E-state index is 11.8. The summed E-state index contributed by atoms with van der Waals surface area (Å²) in [6, 6.07) is 4.98. The molecule has 8 nitrogen and oxygen atoms in total. The molecule has 1 aliphatic rings. The Morgan fingerprint density at radius 2 is 1.72 bits per heavy atom. The van der Waals surface area contributed by atoms with Crippen LogP contribution in [-0.2, 0) is 36.9 Å². The van der Waals surface area contributed by atoms with Crippen LogP contribution in [0.15, 0.2) is 57.8 Å². The Bertz CT molecular complexity index is 914. The maximum Gasteiger partial charge on any atom is 2.00 e. The van der Waals surface area contributed by atoms with Gasteiger partial charge in [-0.05, 0) is 63.9 Å². The zero-order valence-electron chi connectivity index (χ0n) is 18.7. The Morgan fingerprint density at radius 1 is 1.19 bits per heavy atom. The van der Waals surface area contributed by atoms with Crippen molar-refractivity contribution < 1.29 is 39.0 Å². The largest absolute Gasteiger partial charge is 2.00 e. The van der Waals surface area contributed by atoms with E-state index in [1.807, 2.05) is 6.08 Å². The van der Waals surface area contributed by atoms with Crippen LogP contribution in [0.25, 0.3) is 0 Å². The Labute approximate surface area is 206 Å². The van der Waals surface area contributed by atoms with Crippen molar-refractivity contribution in [2.75, 3.05) is 0 Å². The number of hydrogen-bond acceptors (Lipinski definition) is 7. The Hall–Kier alpha value is -2.71. The number of benzene rings is 1. The van der Waals surface area contributed by atoms with E-state index >= 15 is 0 Å². The van der Waals surface area contributed by atoms with E-state index in [4.69, 9.17) is 5.73 Å². The van der Waals surface area contributed by atoms with Crippen LogP contribution < -0.4 is 10.8 Å². The molecule has 0 radical (unpaired) electrons. The minimum Gasteiger partial charge on any atom is -0.741 e. The van der Waals surface area contributed by atoms with Crippen molar-refractivity contribution >= 4 is 41.8 Å². The van der Waals surface area contributed by atoms with E-state index in [2.05, 4.69) is 49.7 Å². The summed E-state index contributed by atoms with van der Waals surface area (Å²) >= 11 is 4.54. The second-order valence-electron chi connectivity index (χ2n) is 7.06. The third-order valence-corrected chi connectivity index (χ3v) is 4.31. The fourth-order valence-electron chi connectivity index (χ4n) is 2.59. The molecule has 2 rings (SSSR count). The van der Waals surface area contributed by atoms with Gasteiger partial charge in [0.15, 0.2) is 0 Å². The van der Waals surface area contributed by atoms with Crippen molar-refractivity contribution in [3.63, 3.8) is 0 Å². The molecule has 0 saturated heterocycles. The number of carbonyl (C=O) groups excluding carboxylic acids is 3. The van der Waals surface area contributed by atoms with Gasteiger partial charge in [0, 0.05) is 6.21 Å². The molecule has 0 saturated carbocycles. The second kappa shape index (κ2) is 14.4. The number of imide groups is 1. The summed E-state index contributed by atoms with van der Waals surface area (Å²) in [4.78, 5) is 34.9. The second-order valence-corrected chi connectivity index (χ2v) is 7.48. The van der Waals surface area contributed by atoms with Gasteiger partial charge in [0.2, 0.25) is 0 Å². The number of allylic oxidation sites excluding steroid dienone is 4. The number of nitrogens with zero attached hydrogens (tertiary/aromatic N) is 3. The number of amides is 2. The van der Waals surface area contributed by atoms with Crippen LogP contribution in [-0.4, -0.2) is 40.1 Å². The van der Waals surface area contributed by atoms with E-state index in [1.54, 1.807) is 18.3 Å². The number of fused-ring (bicyclic) bond motifs is 1. The number of nitrogens with two attached hydrogens (primary N) is 1. The molecule has 1 heterocycles. The molecule has 166 valence electrons. The molecular weight excluding hydrogens is 482 g/mol. The van der Waals surface area contributed by atoms with Gasteiger partial charge < -0.3 is 28.3 Å². The maximum absolute atomic E-state index is 11.8. The van der Waals surface area contributed by atoms with Gasteiger partial charge in [0.1, 0.15) is 0 Å². The quantitative estimate of drug-likeness (QED) is 0.114. The monoisotopic (exact) mass is 506 g/mol. The molecule has 1 aromatic rings. The fourth-order valence-corrected chi connectivity index (χ4v) is 2.63. The smallest absolute Gasteiger partial charge is 0.741 e. The molecule has 2 amide bonds. The van der Waals surface area contributed by atoms with E-state index in [0.717, 1.165) is 12.8 Å². The minimum absolute atomic E-state index is 0. The number of carbonyl (C=O) groups is 3. The molecule has 0 spiro atoms. The molecule has 1 aliphatic heterocycles. The van der Waals surface area contributed by atoms with Crippen molar-refractivity contribution in [3.05, 3.63) is 58.7 Å². The van der Waals surface area contributed by atoms with Gasteiger partial charge >= 0.3 is 19.5 Å². The van der Waals surface area contributed by atoms with Gasteiger partial charge in [-0.2, -0.15) is 10.2 Å². The molecule has 10 heteroatoms. The predicted molar refractivity (Wildman–Crippen MR) is 121 cm³/mol. The number of hydrogen-bond donors (Lipinski definition) is 1. The first kappa shape index (κ1) is 29.3. The Balaban J connectivity index is 0.000000585. The van der Waals surface area contributed by atoms with Crippen molar-refractivity contribution in [3.8, 4) is 0 Å². The molecule has 0 bridgehead atoms. The van der Waals surface area contributed by atoms with Gasteiger partial charge in [-0.15, -0.1) is 0 Å². The van der Waals surface area contributed by atoms with Gasteiger partial charge in [-0.25, -0.2) is 0 Å². The van der Waals surface area contributed by atoms with Crippen LogP contribution in [0.2, 0.25) is 0 Å². The SMILES string of the molecule is CC(C)=CCC\C(C)=C/C=N/N=C(/N)[S-].C[C@@H](C(=O)[O-])N1C(=O)c2ccccc2C1=O.[Zn+2]. The molecule has 0 fully saturated rings. The average Bonchev–Trinajstić information content (AvgIpc) is 2.95. The predicted octanol–water partition coefficient (Wildman–Crippen LogP) is 1.94. The standard InChI is InChI=1S/C11H19N3S.C11H9NO4.Zn/c1-9(2)5-4-6-10(3)7-8-13-14-11(12)15;1-6(11(15)16)12-9(13)7-4-2-3-5-8(7)10(12)14;/h5,7-8H,4,6H2,1-3H3,(H3,12,14,15);2-6H,1H3,(H,15,16);/q;;+2/p-2/b10-7-,13-8+;;/t;6-;/m.0./s1. The van der Waals surface area contributed by atoms with Gasteiger partial charge in [0.05, 0.1) is 23.1 Å². The van der Waals surface area contributed by atoms with E-state index in [1.165, 1.54) is 30.2 Å². The zero-order chi connectivity index (χ0) is 23.6. The topological polar surface area (TPSA) is 128 Å². The van der Waals surface area contributed by atoms with Crippen molar-refractivity contribution in [2.45, 2.75) is 46.6 Å². The van der Waals surface area contributed by atoms with Gasteiger partial charge in [0.25, 0.3) is 11.8 Å². The normalized spacial score (nSPS) is 14.3. The first-order valence-corrected chi connectivity index (χ1v) is 9.97. The summed E-state index contributed by atoms with van der Waals surface area (Å²) in [5.74, 6) is -2.62. The average molecular weight is 508 g/mol. The fraction of sp³-hybridized carbons (Fsp3) is 0.318. The van der Waals surface area contributed by atoms with Crippen LogP contribution in [0.5, 0.6) is 0 Å². The Morgan fingerprint density at radius 3 is 2.16 bits per heavy atom. The number of carboxylic acids is 1. The van der Waals surface area contributed by atoms with E-state index in [9.17, 15) is 19.5 Å². The molecule has 0 aliphatic carbocycles. The van der Waals surface area contributed by atoms with Crippen molar-refractivity contribution in [1.29, 1.82) is 0 Å². The van der Waals surface area contributed by atoms with Crippen LogP contribution >= 0.6 is 0 Å². The first-order valence-electron chi connectivity index (χ1n) is 9.56. The van der Waals surface area contributed by atoms with E-state index in [-0.39, 0.29) is 35.8 Å². The first-order chi connectivity index (χ1) is 14.6. The molecule has 1 aromatic carbocycles. The summed E-state index contributed by atoms with van der Waals surface area (Å²) in [5, 5.41) is 18.0. The van der Waals surface area contributed by atoms with E-state index in [0.29, 0.717) is 4.90 Å². The molecule has 0 unspecified atom stereocenters. The zero-order valence-corrected chi connectivity index (χ0v) is 22.5. The third kappa shape index (κ3) is 9.20. The molecule has 32 heavy (non-hydrogen) atoms. The number of carboxylic acid groups (broad SMARTS) is 1.